The molecule has 0 radical (unpaired) electrons. The van der Waals surface area contributed by atoms with E-state index in [9.17, 15) is 9.18 Å². The van der Waals surface area contributed by atoms with Crippen LogP contribution in [0.2, 0.25) is 0 Å². The Bertz CT molecular complexity index is 659. The van der Waals surface area contributed by atoms with Crippen LogP contribution in [-0.2, 0) is 11.3 Å². The third-order valence-electron chi connectivity index (χ3n) is 2.92. The molecule has 8 heteroatoms. The number of rotatable bonds is 8. The van der Waals surface area contributed by atoms with Gasteiger partial charge in [-0.3, -0.25) is 0 Å². The number of halogens is 1. The highest BCUT2D eigenvalue weighted by molar-refractivity contribution is 5.91. The van der Waals surface area contributed by atoms with E-state index >= 15 is 0 Å². The van der Waals surface area contributed by atoms with Crippen molar-refractivity contribution in [2.75, 3.05) is 13.5 Å². The van der Waals surface area contributed by atoms with Gasteiger partial charge in [0.25, 0.3) is 0 Å². The van der Waals surface area contributed by atoms with E-state index in [4.69, 9.17) is 19.4 Å². The minimum atomic E-state index is -1.04. The third-order valence-corrected chi connectivity index (χ3v) is 2.92. The van der Waals surface area contributed by atoms with Crippen LogP contribution in [0.25, 0.3) is 0 Å². The third kappa shape index (κ3) is 4.35. The highest BCUT2D eigenvalue weighted by Crippen LogP contribution is 2.25. The zero-order valence-corrected chi connectivity index (χ0v) is 12.6. The minimum Gasteiger partial charge on any atom is -0.471 e. The maximum Gasteiger partial charge on any atom is 0.338 e. The molecule has 0 aliphatic carbocycles. The Kier molecular flexibility index (Phi) is 5.79. The Morgan fingerprint density at radius 1 is 1.35 bits per heavy atom. The van der Waals surface area contributed by atoms with Gasteiger partial charge in [-0.05, 0) is 18.6 Å². The van der Waals surface area contributed by atoms with Crippen LogP contribution in [0.4, 0.5) is 4.39 Å². The molecule has 0 unspecified atom stereocenters. The number of hydrogen-bond acceptors (Lipinski definition) is 6. The largest absolute Gasteiger partial charge is 0.471 e. The summed E-state index contributed by atoms with van der Waals surface area (Å²) in [6, 6.07) is 6.08. The summed E-state index contributed by atoms with van der Waals surface area (Å²) >= 11 is 0. The first-order valence-electron chi connectivity index (χ1n) is 7.01. The molecular weight excluding hydrogens is 307 g/mol. The highest BCUT2D eigenvalue weighted by atomic mass is 19.1. The average Bonchev–Trinajstić information content (AvgIpc) is 2.97. The van der Waals surface area contributed by atoms with Gasteiger partial charge in [0, 0.05) is 11.6 Å². The smallest absolute Gasteiger partial charge is 0.338 e. The molecule has 0 amide bonds. The predicted molar refractivity (Wildman–Crippen MR) is 77.4 cm³/mol. The summed E-state index contributed by atoms with van der Waals surface area (Å²) in [4.78, 5) is 12.7. The zero-order valence-electron chi connectivity index (χ0n) is 12.6. The number of carbonyl (C=O) groups excluding carboxylic acids is 1. The van der Waals surface area contributed by atoms with E-state index in [2.05, 4.69) is 5.10 Å². The van der Waals surface area contributed by atoms with E-state index in [1.54, 1.807) is 12.1 Å². The van der Waals surface area contributed by atoms with Crippen LogP contribution >= 0.6 is 0 Å². The van der Waals surface area contributed by atoms with E-state index in [0.29, 0.717) is 16.8 Å². The van der Waals surface area contributed by atoms with Crippen LogP contribution in [0.1, 0.15) is 29.3 Å². The number of esters is 1. The lowest BCUT2D eigenvalue weighted by Gasteiger charge is -2.13. The van der Waals surface area contributed by atoms with Crippen molar-refractivity contribution in [2.45, 2.75) is 20.0 Å². The summed E-state index contributed by atoms with van der Waals surface area (Å²) in [5, 5.41) is 12.8. The summed E-state index contributed by atoms with van der Waals surface area (Å²) in [7, 11) is 0. The lowest BCUT2D eigenvalue weighted by atomic mass is 10.1. The maximum absolute atomic E-state index is 12.5. The van der Waals surface area contributed by atoms with E-state index in [0.717, 1.165) is 0 Å². The van der Waals surface area contributed by atoms with Gasteiger partial charge in [0.1, 0.15) is 12.4 Å². The Hall–Kier alpha value is -2.77. The molecule has 0 saturated heterocycles. The van der Waals surface area contributed by atoms with Crippen molar-refractivity contribution in [1.29, 1.82) is 0 Å². The van der Waals surface area contributed by atoms with Gasteiger partial charge in [-0.2, -0.15) is 0 Å². The van der Waals surface area contributed by atoms with Crippen LogP contribution in [0.3, 0.4) is 0 Å². The first-order valence-corrected chi connectivity index (χ1v) is 7.01. The van der Waals surface area contributed by atoms with Gasteiger partial charge in [0.2, 0.25) is 12.7 Å². The normalized spacial score (nSPS) is 10.3. The van der Waals surface area contributed by atoms with E-state index in [1.165, 1.54) is 18.3 Å². The lowest BCUT2D eigenvalue weighted by molar-refractivity contribution is 0.0500. The quantitative estimate of drug-likeness (QED) is 0.593. The Morgan fingerprint density at radius 3 is 2.83 bits per heavy atom. The summed E-state index contributed by atoms with van der Waals surface area (Å²) in [6.07, 6.45) is 1.97. The van der Waals surface area contributed by atoms with E-state index in [1.807, 2.05) is 6.92 Å². The highest BCUT2D eigenvalue weighted by Gasteiger charge is 2.18. The summed E-state index contributed by atoms with van der Waals surface area (Å²) in [6.45, 7) is 1.03. The fraction of sp³-hybridized carbons (Fsp3) is 0.333. The number of aromatic nitrogens is 2. The molecule has 1 aromatic carbocycles. The Balaban J connectivity index is 2.23. The minimum absolute atomic E-state index is 0.0935. The van der Waals surface area contributed by atoms with Crippen molar-refractivity contribution >= 4 is 5.97 Å². The van der Waals surface area contributed by atoms with Gasteiger partial charge in [0.05, 0.1) is 18.4 Å². The van der Waals surface area contributed by atoms with Gasteiger partial charge in [0.15, 0.2) is 0 Å². The second-order valence-electron chi connectivity index (χ2n) is 4.53. The molecule has 1 heterocycles. The van der Waals surface area contributed by atoms with Crippen molar-refractivity contribution in [3.8, 4) is 11.6 Å². The van der Waals surface area contributed by atoms with Crippen molar-refractivity contribution in [3.63, 3.8) is 0 Å². The molecule has 0 atom stereocenters. The standard InChI is InChI=1S/C15H17FN2O5/c1-2-8-21-15(19)11-4-3-5-13(23-10-16)12(11)9-22-14-6-7-18(20)17-14/h3-7,20H,2,8-10H2,1H3. The van der Waals surface area contributed by atoms with Crippen molar-refractivity contribution in [3.05, 3.63) is 41.6 Å². The van der Waals surface area contributed by atoms with Gasteiger partial charge < -0.3 is 19.4 Å². The second kappa shape index (κ2) is 8.02. The van der Waals surface area contributed by atoms with Gasteiger partial charge in [-0.25, -0.2) is 9.18 Å². The Morgan fingerprint density at radius 2 is 2.17 bits per heavy atom. The number of nitrogens with zero attached hydrogens (tertiary/aromatic N) is 2. The molecule has 0 fully saturated rings. The molecule has 0 saturated carbocycles. The maximum atomic E-state index is 12.5. The van der Waals surface area contributed by atoms with Gasteiger partial charge in [-0.15, -0.1) is 4.85 Å². The average molecular weight is 324 g/mol. The van der Waals surface area contributed by atoms with Crippen molar-refractivity contribution in [2.24, 2.45) is 0 Å². The number of carbonyl (C=O) groups is 1. The predicted octanol–water partition coefficient (Wildman–Crippen LogP) is 2.57. The second-order valence-corrected chi connectivity index (χ2v) is 4.53. The van der Waals surface area contributed by atoms with Gasteiger partial charge >= 0.3 is 5.97 Å². The molecule has 1 aromatic heterocycles. The molecule has 124 valence electrons. The zero-order chi connectivity index (χ0) is 16.7. The lowest BCUT2D eigenvalue weighted by Crippen LogP contribution is -2.12. The van der Waals surface area contributed by atoms with Crippen LogP contribution in [0.15, 0.2) is 30.5 Å². The first kappa shape index (κ1) is 16.6. The van der Waals surface area contributed by atoms with Gasteiger partial charge in [-0.1, -0.05) is 18.1 Å². The summed E-state index contributed by atoms with van der Waals surface area (Å²) in [5.41, 5.74) is 0.576. The number of ether oxygens (including phenoxy) is 3. The molecule has 23 heavy (non-hydrogen) atoms. The molecule has 0 spiro atoms. The number of hydrogen-bond donors (Lipinski definition) is 1. The molecule has 2 aromatic rings. The van der Waals surface area contributed by atoms with Crippen molar-refractivity contribution in [1.82, 2.24) is 9.94 Å². The number of benzene rings is 1. The van der Waals surface area contributed by atoms with Crippen LogP contribution < -0.4 is 9.47 Å². The van der Waals surface area contributed by atoms with Crippen LogP contribution in [0, 0.1) is 0 Å². The molecule has 0 aliphatic heterocycles. The summed E-state index contributed by atoms with van der Waals surface area (Å²) < 4.78 is 27.9. The van der Waals surface area contributed by atoms with Crippen LogP contribution in [-0.4, -0.2) is 34.6 Å². The summed E-state index contributed by atoms with van der Waals surface area (Å²) in [5.74, 6) is -0.209. The molecule has 0 bridgehead atoms. The Labute approximate surface area is 132 Å². The molecule has 2 rings (SSSR count). The fourth-order valence-corrected chi connectivity index (χ4v) is 1.89. The topological polar surface area (TPSA) is 82.8 Å². The number of alkyl halides is 1. The van der Waals surface area contributed by atoms with E-state index in [-0.39, 0.29) is 30.4 Å². The first-order chi connectivity index (χ1) is 11.2. The molecular formula is C15H17FN2O5. The molecule has 7 nitrogen and oxygen atoms in total. The monoisotopic (exact) mass is 324 g/mol. The van der Waals surface area contributed by atoms with E-state index < -0.39 is 12.8 Å². The fourth-order valence-electron chi connectivity index (χ4n) is 1.89. The molecule has 1 N–H and O–H groups in total. The van der Waals surface area contributed by atoms with Crippen molar-refractivity contribution < 1.29 is 28.6 Å². The SMILES string of the molecule is CCCOC(=O)c1cccc(OCF)c1COc1ccn(O)n1. The molecule has 0 aliphatic rings. The van der Waals surface area contributed by atoms with Crippen LogP contribution in [0.5, 0.6) is 11.6 Å².